The average Bonchev–Trinajstić information content (AvgIpc) is 3.26. The molecule has 3 rings (SSSR count). The number of ether oxygens (including phenoxy) is 1. The summed E-state index contributed by atoms with van der Waals surface area (Å²) in [5.74, 6) is -4.84. The first-order valence-corrected chi connectivity index (χ1v) is 10.6. The van der Waals surface area contributed by atoms with Crippen molar-refractivity contribution < 1.29 is 50.9 Å². The van der Waals surface area contributed by atoms with Crippen LogP contribution in [0, 0.1) is 11.3 Å². The number of likely N-dealkylation sites (tertiary alicyclic amines) is 2. The molecular weight excluding hydrogens is 510 g/mol. The molecule has 1 aromatic rings. The van der Waals surface area contributed by atoms with Gasteiger partial charge in [0.2, 0.25) is 0 Å². The van der Waals surface area contributed by atoms with Gasteiger partial charge in [0.05, 0.1) is 6.61 Å². The van der Waals surface area contributed by atoms with Gasteiger partial charge >= 0.3 is 24.3 Å². The second-order valence-electron chi connectivity index (χ2n) is 8.40. The molecule has 0 saturated carbocycles. The van der Waals surface area contributed by atoms with Crippen molar-refractivity contribution in [1.82, 2.24) is 9.80 Å². The molecule has 2 aliphatic rings. The van der Waals surface area contributed by atoms with Crippen LogP contribution in [-0.2, 0) is 20.9 Å². The Morgan fingerprint density at radius 3 is 1.97 bits per heavy atom. The number of benzene rings is 1. The van der Waals surface area contributed by atoms with Gasteiger partial charge in [0.25, 0.3) is 0 Å². The summed E-state index contributed by atoms with van der Waals surface area (Å²) in [6.45, 7) is 6.67. The number of carboxylic acids is 2. The van der Waals surface area contributed by atoms with E-state index in [1.807, 2.05) is 19.2 Å². The maximum absolute atomic E-state index is 10.6. The lowest BCUT2D eigenvalue weighted by molar-refractivity contribution is -0.193. The zero-order chi connectivity index (χ0) is 27.0. The van der Waals surface area contributed by atoms with Gasteiger partial charge in [-0.3, -0.25) is 4.90 Å². The molecule has 35 heavy (non-hydrogen) atoms. The molecule has 0 aromatic heterocycles. The van der Waals surface area contributed by atoms with Crippen molar-refractivity contribution in [3.05, 3.63) is 34.9 Å². The first-order valence-electron chi connectivity index (χ1n) is 10.2. The molecule has 0 amide bonds. The number of carboxylic acid groups (broad SMARTS) is 2. The molecule has 1 aromatic carbocycles. The number of halogens is 7. The minimum absolute atomic E-state index is 0.428. The summed E-state index contributed by atoms with van der Waals surface area (Å²) in [6.07, 6.45) is -8.88. The van der Waals surface area contributed by atoms with E-state index >= 15 is 0 Å². The van der Waals surface area contributed by atoms with Crippen LogP contribution in [0.5, 0.6) is 0 Å². The summed E-state index contributed by atoms with van der Waals surface area (Å²) >= 11 is 5.96. The van der Waals surface area contributed by atoms with Crippen molar-refractivity contribution in [2.45, 2.75) is 25.3 Å². The number of alkyl halides is 6. The highest BCUT2D eigenvalue weighted by atomic mass is 35.5. The summed E-state index contributed by atoms with van der Waals surface area (Å²) in [7, 11) is 4.06. The maximum Gasteiger partial charge on any atom is 0.490 e. The first-order chi connectivity index (χ1) is 16.0. The Balaban J connectivity index is 0.000000362. The van der Waals surface area contributed by atoms with Gasteiger partial charge in [0.1, 0.15) is 0 Å². The van der Waals surface area contributed by atoms with Gasteiger partial charge in [0, 0.05) is 49.6 Å². The van der Waals surface area contributed by atoms with Gasteiger partial charge in [-0.05, 0) is 37.7 Å². The third-order valence-electron chi connectivity index (χ3n) is 5.62. The Kier molecular flexibility index (Phi) is 11.3. The molecule has 0 bridgehead atoms. The van der Waals surface area contributed by atoms with Crippen molar-refractivity contribution >= 4 is 23.5 Å². The molecule has 14 heteroatoms. The fraction of sp³-hybridized carbons (Fsp3) is 0.619. The Morgan fingerprint density at radius 1 is 1.06 bits per heavy atom. The summed E-state index contributed by atoms with van der Waals surface area (Å²) in [6, 6.07) is 8.25. The lowest BCUT2D eigenvalue weighted by Crippen LogP contribution is -2.36. The Morgan fingerprint density at radius 2 is 1.54 bits per heavy atom. The smallest absolute Gasteiger partial charge is 0.475 e. The summed E-state index contributed by atoms with van der Waals surface area (Å²) in [5.41, 5.74) is 1.78. The van der Waals surface area contributed by atoms with E-state index in [0.717, 1.165) is 18.2 Å². The Labute approximate surface area is 203 Å². The highest BCUT2D eigenvalue weighted by Gasteiger charge is 2.49. The van der Waals surface area contributed by atoms with Crippen LogP contribution in [-0.4, -0.2) is 91.2 Å². The largest absolute Gasteiger partial charge is 0.490 e. The topological polar surface area (TPSA) is 90.3 Å². The molecule has 0 radical (unpaired) electrons. The molecule has 2 aliphatic heterocycles. The number of methoxy groups -OCH3 is 1. The predicted molar refractivity (Wildman–Crippen MR) is 114 cm³/mol. The predicted octanol–water partition coefficient (Wildman–Crippen LogP) is 4.01. The number of hydrogen-bond acceptors (Lipinski definition) is 5. The minimum Gasteiger partial charge on any atom is -0.475 e. The lowest BCUT2D eigenvalue weighted by Gasteiger charge is -2.30. The molecule has 0 unspecified atom stereocenters. The number of hydrogen-bond donors (Lipinski definition) is 2. The normalized spacial score (nSPS) is 22.8. The van der Waals surface area contributed by atoms with Crippen LogP contribution in [0.15, 0.2) is 24.3 Å². The number of rotatable bonds is 4. The SMILES string of the molecule is COC[C@@H]1CN(C)C[C@@]12CCN(Cc1ccc(Cl)cc1)C2.O=C(O)C(F)(F)F.O=C(O)C(F)(F)F. The second-order valence-corrected chi connectivity index (χ2v) is 8.84. The van der Waals surface area contributed by atoms with Crippen molar-refractivity contribution in [2.75, 3.05) is 46.9 Å². The zero-order valence-electron chi connectivity index (χ0n) is 19.0. The number of carbonyl (C=O) groups is 2. The van der Waals surface area contributed by atoms with Crippen molar-refractivity contribution in [2.24, 2.45) is 11.3 Å². The molecule has 200 valence electrons. The van der Waals surface area contributed by atoms with Crippen molar-refractivity contribution in [1.29, 1.82) is 0 Å². The number of nitrogens with zero attached hydrogens (tertiary/aromatic N) is 2. The van der Waals surface area contributed by atoms with Crippen LogP contribution in [0.3, 0.4) is 0 Å². The Hall–Kier alpha value is -2.09. The summed E-state index contributed by atoms with van der Waals surface area (Å²) < 4.78 is 68.9. The molecule has 2 atom stereocenters. The van der Waals surface area contributed by atoms with E-state index in [-0.39, 0.29) is 0 Å². The quantitative estimate of drug-likeness (QED) is 0.562. The van der Waals surface area contributed by atoms with E-state index < -0.39 is 24.3 Å². The third-order valence-corrected chi connectivity index (χ3v) is 5.87. The molecule has 0 aliphatic carbocycles. The standard InChI is InChI=1S/C17H25ClN2O.2C2HF3O2/c1-19-10-15(11-21-2)17(12-19)7-8-20(13-17)9-14-3-5-16(18)6-4-14;2*3-2(4,5)1(6)7/h3-6,15H,7-13H2,1-2H3;2*(H,6,7)/t15-,17+;;/m0../s1. The van der Waals surface area contributed by atoms with E-state index in [1.54, 1.807) is 0 Å². The van der Waals surface area contributed by atoms with Gasteiger partial charge in [-0.1, -0.05) is 23.7 Å². The minimum atomic E-state index is -5.08. The fourth-order valence-electron chi connectivity index (χ4n) is 4.16. The van der Waals surface area contributed by atoms with Crippen LogP contribution in [0.25, 0.3) is 0 Å². The molecule has 7 nitrogen and oxygen atoms in total. The lowest BCUT2D eigenvalue weighted by atomic mass is 9.78. The molecule has 2 N–H and O–H groups in total. The zero-order valence-corrected chi connectivity index (χ0v) is 19.8. The van der Waals surface area contributed by atoms with E-state index in [2.05, 4.69) is 29.0 Å². The maximum atomic E-state index is 10.6. The van der Waals surface area contributed by atoms with Gasteiger partial charge in [0.15, 0.2) is 0 Å². The van der Waals surface area contributed by atoms with Crippen molar-refractivity contribution in [3.63, 3.8) is 0 Å². The average molecular weight is 537 g/mol. The first kappa shape index (κ1) is 30.9. The van der Waals surface area contributed by atoms with E-state index in [9.17, 15) is 26.3 Å². The van der Waals surface area contributed by atoms with E-state index in [0.29, 0.717) is 11.3 Å². The van der Waals surface area contributed by atoms with Crippen molar-refractivity contribution in [3.8, 4) is 0 Å². The molecular formula is C21H27ClF6N2O5. The van der Waals surface area contributed by atoms with Gasteiger partial charge in [-0.2, -0.15) is 26.3 Å². The highest BCUT2D eigenvalue weighted by Crippen LogP contribution is 2.43. The highest BCUT2D eigenvalue weighted by molar-refractivity contribution is 6.30. The van der Waals surface area contributed by atoms with E-state index in [1.165, 1.54) is 38.2 Å². The molecule has 2 heterocycles. The van der Waals surface area contributed by atoms with Crippen LogP contribution >= 0.6 is 11.6 Å². The number of aliphatic carboxylic acids is 2. The fourth-order valence-corrected chi connectivity index (χ4v) is 4.29. The Bertz CT molecular complexity index is 813. The van der Waals surface area contributed by atoms with Crippen LogP contribution < -0.4 is 0 Å². The summed E-state index contributed by atoms with van der Waals surface area (Å²) in [5, 5.41) is 15.1. The molecule has 2 saturated heterocycles. The summed E-state index contributed by atoms with van der Waals surface area (Å²) in [4.78, 5) is 22.8. The van der Waals surface area contributed by atoms with Gasteiger partial charge in [-0.25, -0.2) is 9.59 Å². The molecule has 1 spiro atoms. The third kappa shape index (κ3) is 10.2. The second kappa shape index (κ2) is 12.7. The van der Waals surface area contributed by atoms with Crippen LogP contribution in [0.2, 0.25) is 5.02 Å². The monoisotopic (exact) mass is 536 g/mol. The van der Waals surface area contributed by atoms with Gasteiger partial charge < -0.3 is 19.8 Å². The van der Waals surface area contributed by atoms with Crippen LogP contribution in [0.1, 0.15) is 12.0 Å². The van der Waals surface area contributed by atoms with Crippen LogP contribution in [0.4, 0.5) is 26.3 Å². The molecule has 2 fully saturated rings. The van der Waals surface area contributed by atoms with Gasteiger partial charge in [-0.15, -0.1) is 0 Å². The van der Waals surface area contributed by atoms with E-state index in [4.69, 9.17) is 36.1 Å².